The molecular formula is C13H25NO. The van der Waals surface area contributed by atoms with Gasteiger partial charge in [0, 0.05) is 13.7 Å². The lowest BCUT2D eigenvalue weighted by Crippen LogP contribution is -2.19. The highest BCUT2D eigenvalue weighted by Gasteiger charge is 1.90. The highest BCUT2D eigenvalue weighted by molar-refractivity contribution is 4.98. The first-order valence-corrected chi connectivity index (χ1v) is 5.77. The first kappa shape index (κ1) is 14.4. The summed E-state index contributed by atoms with van der Waals surface area (Å²) < 4.78 is 4.95. The lowest BCUT2D eigenvalue weighted by atomic mass is 10.1. The summed E-state index contributed by atoms with van der Waals surface area (Å²) in [5.74, 6) is 0. The van der Waals surface area contributed by atoms with Gasteiger partial charge < -0.3 is 10.1 Å². The minimum absolute atomic E-state index is 0.794. The molecule has 1 N–H and O–H groups in total. The predicted molar refractivity (Wildman–Crippen MR) is 67.2 cm³/mol. The average Bonchev–Trinajstić information content (AvgIpc) is 2.23. The number of unbranched alkanes of at least 4 members (excludes halogenated alkanes) is 1. The van der Waals surface area contributed by atoms with Gasteiger partial charge >= 0.3 is 0 Å². The molecule has 0 spiro atoms. The van der Waals surface area contributed by atoms with E-state index in [1.54, 1.807) is 7.11 Å². The zero-order chi connectivity index (χ0) is 11.4. The molecule has 0 amide bonds. The molecule has 2 heteroatoms. The summed E-state index contributed by atoms with van der Waals surface area (Å²) in [6.07, 6.45) is 8.97. The van der Waals surface area contributed by atoms with Crippen molar-refractivity contribution >= 4 is 0 Å². The number of rotatable bonds is 10. The van der Waals surface area contributed by atoms with E-state index in [4.69, 9.17) is 4.74 Å². The number of ether oxygens (including phenoxy) is 1. The molecule has 0 saturated heterocycles. The van der Waals surface area contributed by atoms with Gasteiger partial charge in [0.1, 0.15) is 0 Å². The fraction of sp³-hybridized carbons (Fsp3) is 0.692. The molecule has 0 saturated carbocycles. The Morgan fingerprint density at radius 1 is 1.33 bits per heavy atom. The molecule has 15 heavy (non-hydrogen) atoms. The minimum Gasteiger partial charge on any atom is -0.383 e. The predicted octanol–water partition coefficient (Wildman–Crippen LogP) is 2.92. The van der Waals surface area contributed by atoms with E-state index in [0.29, 0.717) is 0 Å². The van der Waals surface area contributed by atoms with Crippen LogP contribution in [0.1, 0.15) is 32.6 Å². The van der Waals surface area contributed by atoms with Gasteiger partial charge in [0.25, 0.3) is 0 Å². The lowest BCUT2D eigenvalue weighted by molar-refractivity contribution is 0.199. The highest BCUT2D eigenvalue weighted by Crippen LogP contribution is 2.07. The van der Waals surface area contributed by atoms with Crippen LogP contribution in [0, 0.1) is 0 Å². The quantitative estimate of drug-likeness (QED) is 0.443. The van der Waals surface area contributed by atoms with Crippen LogP contribution in [0.25, 0.3) is 0 Å². The van der Waals surface area contributed by atoms with Crippen LogP contribution in [-0.4, -0.2) is 26.8 Å². The number of methoxy groups -OCH3 is 1. The van der Waals surface area contributed by atoms with E-state index in [-0.39, 0.29) is 0 Å². The third kappa shape index (κ3) is 11.3. The third-order valence-corrected chi connectivity index (χ3v) is 2.28. The maximum absolute atomic E-state index is 4.95. The van der Waals surface area contributed by atoms with Crippen LogP contribution >= 0.6 is 0 Å². The summed E-state index contributed by atoms with van der Waals surface area (Å²) in [6, 6.07) is 0. The first-order valence-electron chi connectivity index (χ1n) is 5.77. The molecule has 0 fully saturated rings. The van der Waals surface area contributed by atoms with Gasteiger partial charge in [0.05, 0.1) is 6.61 Å². The Hall–Kier alpha value is -0.600. The van der Waals surface area contributed by atoms with Gasteiger partial charge in [-0.25, -0.2) is 0 Å². The van der Waals surface area contributed by atoms with Crippen molar-refractivity contribution in [3.63, 3.8) is 0 Å². The van der Waals surface area contributed by atoms with Crippen LogP contribution in [0.2, 0.25) is 0 Å². The molecule has 0 aromatic heterocycles. The van der Waals surface area contributed by atoms with Crippen molar-refractivity contribution in [3.8, 4) is 0 Å². The van der Waals surface area contributed by atoms with Crippen LogP contribution in [0.3, 0.4) is 0 Å². The maximum atomic E-state index is 4.95. The van der Waals surface area contributed by atoms with Gasteiger partial charge in [-0.1, -0.05) is 17.7 Å². The summed E-state index contributed by atoms with van der Waals surface area (Å²) >= 11 is 0. The standard InChI is InChI=1S/C13H25NO/c1-4-5-6-8-13(2)9-7-10-14-11-12-15-3/h4,9,14H,1,5-8,10-12H2,2-3H3. The van der Waals surface area contributed by atoms with E-state index in [1.807, 2.05) is 6.08 Å². The molecule has 2 nitrogen and oxygen atoms in total. The third-order valence-electron chi connectivity index (χ3n) is 2.28. The van der Waals surface area contributed by atoms with Gasteiger partial charge in [-0.05, 0) is 39.2 Å². The molecule has 0 bridgehead atoms. The van der Waals surface area contributed by atoms with Gasteiger partial charge in [-0.15, -0.1) is 6.58 Å². The summed E-state index contributed by atoms with van der Waals surface area (Å²) in [7, 11) is 1.73. The Morgan fingerprint density at radius 2 is 2.13 bits per heavy atom. The Labute approximate surface area is 94.4 Å². The second-order valence-electron chi connectivity index (χ2n) is 3.76. The SMILES string of the molecule is C=CCCCC(C)=CCCNCCOC. The topological polar surface area (TPSA) is 21.3 Å². The van der Waals surface area contributed by atoms with Crippen LogP contribution < -0.4 is 5.32 Å². The molecule has 0 radical (unpaired) electrons. The number of hydrogen-bond acceptors (Lipinski definition) is 2. The second-order valence-corrected chi connectivity index (χ2v) is 3.76. The molecule has 0 aliphatic carbocycles. The first-order chi connectivity index (χ1) is 7.31. The normalized spacial score (nSPS) is 11.7. The molecule has 0 aromatic carbocycles. The van der Waals surface area contributed by atoms with Crippen molar-refractivity contribution in [1.82, 2.24) is 5.32 Å². The van der Waals surface area contributed by atoms with E-state index in [9.17, 15) is 0 Å². The van der Waals surface area contributed by atoms with Gasteiger partial charge in [-0.2, -0.15) is 0 Å². The molecule has 0 aliphatic rings. The summed E-state index contributed by atoms with van der Waals surface area (Å²) in [5.41, 5.74) is 1.49. The van der Waals surface area contributed by atoms with Crippen LogP contribution in [0.15, 0.2) is 24.3 Å². The molecular weight excluding hydrogens is 186 g/mol. The summed E-state index contributed by atoms with van der Waals surface area (Å²) in [5, 5.41) is 3.32. The summed E-state index contributed by atoms with van der Waals surface area (Å²) in [6.45, 7) is 8.71. The lowest BCUT2D eigenvalue weighted by Gasteiger charge is -2.02. The highest BCUT2D eigenvalue weighted by atomic mass is 16.5. The van der Waals surface area contributed by atoms with Crippen LogP contribution in [-0.2, 0) is 4.74 Å². The van der Waals surface area contributed by atoms with E-state index in [2.05, 4.69) is 24.9 Å². The molecule has 0 rings (SSSR count). The van der Waals surface area contributed by atoms with Gasteiger partial charge in [-0.3, -0.25) is 0 Å². The van der Waals surface area contributed by atoms with Crippen molar-refractivity contribution < 1.29 is 4.74 Å². The van der Waals surface area contributed by atoms with Gasteiger partial charge in [0.2, 0.25) is 0 Å². The van der Waals surface area contributed by atoms with Crippen molar-refractivity contribution in [3.05, 3.63) is 24.3 Å². The average molecular weight is 211 g/mol. The van der Waals surface area contributed by atoms with Crippen molar-refractivity contribution in [1.29, 1.82) is 0 Å². The molecule has 0 aromatic rings. The molecule has 0 heterocycles. The van der Waals surface area contributed by atoms with E-state index < -0.39 is 0 Å². The Balaban J connectivity index is 3.29. The molecule has 88 valence electrons. The largest absolute Gasteiger partial charge is 0.383 e. The summed E-state index contributed by atoms with van der Waals surface area (Å²) in [4.78, 5) is 0. The number of nitrogens with one attached hydrogen (secondary N) is 1. The van der Waals surface area contributed by atoms with E-state index in [0.717, 1.165) is 32.5 Å². The number of hydrogen-bond donors (Lipinski definition) is 1. The van der Waals surface area contributed by atoms with Crippen molar-refractivity contribution in [2.45, 2.75) is 32.6 Å². The van der Waals surface area contributed by atoms with Gasteiger partial charge in [0.15, 0.2) is 0 Å². The second kappa shape index (κ2) is 11.5. The molecule has 0 aliphatic heterocycles. The Bertz CT molecular complexity index is 175. The smallest absolute Gasteiger partial charge is 0.0587 e. The van der Waals surface area contributed by atoms with Crippen molar-refractivity contribution in [2.75, 3.05) is 26.8 Å². The number of allylic oxidation sites excluding steroid dienone is 2. The molecule has 0 atom stereocenters. The maximum Gasteiger partial charge on any atom is 0.0587 e. The van der Waals surface area contributed by atoms with Crippen LogP contribution in [0.4, 0.5) is 0 Å². The zero-order valence-corrected chi connectivity index (χ0v) is 10.2. The fourth-order valence-corrected chi connectivity index (χ4v) is 1.35. The zero-order valence-electron chi connectivity index (χ0n) is 10.2. The Kier molecular flexibility index (Phi) is 11.0. The fourth-order valence-electron chi connectivity index (χ4n) is 1.35. The Morgan fingerprint density at radius 3 is 2.80 bits per heavy atom. The monoisotopic (exact) mass is 211 g/mol. The van der Waals surface area contributed by atoms with E-state index in [1.165, 1.54) is 18.4 Å². The van der Waals surface area contributed by atoms with Crippen LogP contribution in [0.5, 0.6) is 0 Å². The molecule has 0 unspecified atom stereocenters. The van der Waals surface area contributed by atoms with E-state index >= 15 is 0 Å². The minimum atomic E-state index is 0.794. The van der Waals surface area contributed by atoms with Crippen molar-refractivity contribution in [2.24, 2.45) is 0 Å².